The molecule has 0 aliphatic heterocycles. The molecule has 0 aliphatic carbocycles. The van der Waals surface area contributed by atoms with Gasteiger partial charge in [-0.3, -0.25) is 9.48 Å². The summed E-state index contributed by atoms with van der Waals surface area (Å²) in [5.74, 6) is 0.0753. The number of hydrogen-bond donors (Lipinski definition) is 0. The number of rotatable bonds is 15. The molecule has 0 spiro atoms. The van der Waals surface area contributed by atoms with Gasteiger partial charge < -0.3 is 19.1 Å². The first kappa shape index (κ1) is 26.0. The highest BCUT2D eigenvalue weighted by molar-refractivity contribution is 5.76. The van der Waals surface area contributed by atoms with E-state index in [9.17, 15) is 4.79 Å². The second kappa shape index (κ2) is 14.0. The standard InChI is InChI=1S/C25H39N3O4/c1-6-7-9-20(2)28(19-25(30-4)31-5)24(29)13-15-32-14-12-21-10-8-11-22(16-21)23-17-26-27(3)18-23/h8,10-11,16-18,20,25H,6-7,9,12-15,19H2,1-5H3/t20-/m1/s1. The summed E-state index contributed by atoms with van der Waals surface area (Å²) in [6.07, 6.45) is 7.77. The van der Waals surface area contributed by atoms with Crippen LogP contribution in [0, 0.1) is 0 Å². The van der Waals surface area contributed by atoms with E-state index in [1.807, 2.05) is 24.3 Å². The number of carbonyl (C=O) groups is 1. The predicted molar refractivity (Wildman–Crippen MR) is 126 cm³/mol. The Morgan fingerprint density at radius 3 is 2.62 bits per heavy atom. The minimum Gasteiger partial charge on any atom is -0.381 e. The average Bonchev–Trinajstić information content (AvgIpc) is 3.24. The molecule has 0 aliphatic rings. The lowest BCUT2D eigenvalue weighted by Gasteiger charge is -2.32. The van der Waals surface area contributed by atoms with Crippen LogP contribution in [0.2, 0.25) is 0 Å². The van der Waals surface area contributed by atoms with Crippen molar-refractivity contribution in [2.45, 2.75) is 58.3 Å². The molecule has 0 unspecified atom stereocenters. The average molecular weight is 446 g/mol. The topological polar surface area (TPSA) is 65.8 Å². The van der Waals surface area contributed by atoms with Crippen molar-refractivity contribution in [2.24, 2.45) is 7.05 Å². The Hall–Kier alpha value is -2.22. The van der Waals surface area contributed by atoms with Crippen molar-refractivity contribution in [2.75, 3.05) is 34.0 Å². The summed E-state index contributed by atoms with van der Waals surface area (Å²) < 4.78 is 18.2. The first-order valence-electron chi connectivity index (χ1n) is 11.5. The van der Waals surface area contributed by atoms with E-state index in [1.54, 1.807) is 18.9 Å². The molecular weight excluding hydrogens is 406 g/mol. The summed E-state index contributed by atoms with van der Waals surface area (Å²) in [6.45, 7) is 5.66. The van der Waals surface area contributed by atoms with Gasteiger partial charge in [-0.1, -0.05) is 44.0 Å². The number of nitrogens with zero attached hydrogens (tertiary/aromatic N) is 3. The zero-order valence-electron chi connectivity index (χ0n) is 20.3. The van der Waals surface area contributed by atoms with Crippen molar-refractivity contribution in [1.29, 1.82) is 0 Å². The maximum absolute atomic E-state index is 12.9. The fourth-order valence-corrected chi connectivity index (χ4v) is 3.66. The molecule has 1 amide bonds. The van der Waals surface area contributed by atoms with E-state index < -0.39 is 6.29 Å². The fourth-order valence-electron chi connectivity index (χ4n) is 3.66. The van der Waals surface area contributed by atoms with Gasteiger partial charge in [0.05, 0.1) is 32.4 Å². The number of methoxy groups -OCH3 is 2. The lowest BCUT2D eigenvalue weighted by molar-refractivity contribution is -0.150. The fraction of sp³-hybridized carbons (Fsp3) is 0.600. The van der Waals surface area contributed by atoms with Crippen molar-refractivity contribution < 1.29 is 19.0 Å². The highest BCUT2D eigenvalue weighted by Gasteiger charge is 2.23. The second-order valence-electron chi connectivity index (χ2n) is 8.15. The van der Waals surface area contributed by atoms with Crippen molar-refractivity contribution in [3.05, 3.63) is 42.2 Å². The molecule has 1 aromatic carbocycles. The first-order valence-corrected chi connectivity index (χ1v) is 11.5. The molecule has 1 atom stereocenters. The molecule has 1 aromatic heterocycles. The third-order valence-corrected chi connectivity index (χ3v) is 5.66. The largest absolute Gasteiger partial charge is 0.381 e. The summed E-state index contributed by atoms with van der Waals surface area (Å²) in [5, 5.41) is 4.24. The smallest absolute Gasteiger partial charge is 0.225 e. The Labute approximate surface area is 192 Å². The van der Waals surface area contributed by atoms with Crippen molar-refractivity contribution in [1.82, 2.24) is 14.7 Å². The molecule has 0 N–H and O–H groups in total. The first-order chi connectivity index (χ1) is 15.5. The molecule has 0 fully saturated rings. The van der Waals surface area contributed by atoms with E-state index in [0.717, 1.165) is 36.8 Å². The molecule has 2 rings (SSSR count). The summed E-state index contributed by atoms with van der Waals surface area (Å²) in [5.41, 5.74) is 3.45. The van der Waals surface area contributed by atoms with Gasteiger partial charge in [-0.2, -0.15) is 5.10 Å². The van der Waals surface area contributed by atoms with Crippen molar-refractivity contribution >= 4 is 5.91 Å². The molecule has 7 nitrogen and oxygen atoms in total. The lowest BCUT2D eigenvalue weighted by Crippen LogP contribution is -2.44. The van der Waals surface area contributed by atoms with Gasteiger partial charge >= 0.3 is 0 Å². The maximum Gasteiger partial charge on any atom is 0.225 e. The molecule has 32 heavy (non-hydrogen) atoms. The van der Waals surface area contributed by atoms with Crippen LogP contribution >= 0.6 is 0 Å². The van der Waals surface area contributed by atoms with Crippen molar-refractivity contribution in [3.8, 4) is 11.1 Å². The van der Waals surface area contributed by atoms with E-state index >= 15 is 0 Å². The van der Waals surface area contributed by atoms with Gasteiger partial charge in [0, 0.05) is 39.1 Å². The molecule has 178 valence electrons. The van der Waals surface area contributed by atoms with Gasteiger partial charge in [0.25, 0.3) is 0 Å². The Morgan fingerprint density at radius 1 is 1.19 bits per heavy atom. The highest BCUT2D eigenvalue weighted by atomic mass is 16.7. The Kier molecular flexibility index (Phi) is 11.4. The third kappa shape index (κ3) is 8.37. The van der Waals surface area contributed by atoms with E-state index in [-0.39, 0.29) is 11.9 Å². The number of carbonyl (C=O) groups excluding carboxylic acids is 1. The third-order valence-electron chi connectivity index (χ3n) is 5.66. The van der Waals surface area contributed by atoms with Crippen LogP contribution in [0.25, 0.3) is 11.1 Å². The van der Waals surface area contributed by atoms with E-state index in [1.165, 1.54) is 5.56 Å². The molecule has 7 heteroatoms. The highest BCUT2D eigenvalue weighted by Crippen LogP contribution is 2.20. The number of aryl methyl sites for hydroxylation is 1. The number of aromatic nitrogens is 2. The Morgan fingerprint density at radius 2 is 1.97 bits per heavy atom. The quantitative estimate of drug-likeness (QED) is 0.305. The zero-order chi connectivity index (χ0) is 23.3. The van der Waals surface area contributed by atoms with Gasteiger partial charge in [-0.15, -0.1) is 0 Å². The number of ether oxygens (including phenoxy) is 3. The van der Waals surface area contributed by atoms with Gasteiger partial charge in [-0.25, -0.2) is 0 Å². The van der Waals surface area contributed by atoms with Gasteiger partial charge in [0.2, 0.25) is 5.91 Å². The number of amides is 1. The lowest BCUT2D eigenvalue weighted by atomic mass is 10.0. The molecule has 0 bridgehead atoms. The van der Waals surface area contributed by atoms with Crippen molar-refractivity contribution in [3.63, 3.8) is 0 Å². The van der Waals surface area contributed by atoms with Crippen LogP contribution in [0.1, 0.15) is 45.1 Å². The van der Waals surface area contributed by atoms with Crippen LogP contribution in [0.3, 0.4) is 0 Å². The summed E-state index contributed by atoms with van der Waals surface area (Å²) in [6, 6.07) is 8.55. The maximum atomic E-state index is 12.9. The van der Waals surface area contributed by atoms with E-state index in [0.29, 0.717) is 26.2 Å². The van der Waals surface area contributed by atoms with E-state index in [4.69, 9.17) is 14.2 Å². The Balaban J connectivity index is 1.81. The second-order valence-corrected chi connectivity index (χ2v) is 8.15. The van der Waals surface area contributed by atoms with Crippen LogP contribution in [0.15, 0.2) is 36.7 Å². The molecule has 1 heterocycles. The van der Waals surface area contributed by atoms with Crippen LogP contribution in [0.4, 0.5) is 0 Å². The molecule has 0 radical (unpaired) electrons. The summed E-state index contributed by atoms with van der Waals surface area (Å²) in [7, 11) is 5.11. The van der Waals surface area contributed by atoms with Crippen LogP contribution in [-0.4, -0.2) is 66.9 Å². The van der Waals surface area contributed by atoms with Gasteiger partial charge in [-0.05, 0) is 30.9 Å². The normalized spacial score (nSPS) is 12.3. The molecule has 0 saturated heterocycles. The monoisotopic (exact) mass is 445 g/mol. The minimum atomic E-state index is -0.420. The minimum absolute atomic E-state index is 0.0753. The summed E-state index contributed by atoms with van der Waals surface area (Å²) in [4.78, 5) is 14.7. The number of unbranched alkanes of at least 4 members (excludes halogenated alkanes) is 1. The van der Waals surface area contributed by atoms with Crippen LogP contribution in [0.5, 0.6) is 0 Å². The van der Waals surface area contributed by atoms with Crippen LogP contribution < -0.4 is 0 Å². The van der Waals surface area contributed by atoms with Gasteiger partial charge in [0.1, 0.15) is 0 Å². The Bertz CT molecular complexity index is 804. The van der Waals surface area contributed by atoms with Gasteiger partial charge in [0.15, 0.2) is 6.29 Å². The SMILES string of the molecule is CCCC[C@@H](C)N(CC(OC)OC)C(=O)CCOCCc1cccc(-c2cnn(C)c2)c1. The number of benzene rings is 1. The molecule has 0 saturated carbocycles. The van der Waals surface area contributed by atoms with E-state index in [2.05, 4.69) is 43.2 Å². The van der Waals surface area contributed by atoms with Crippen LogP contribution in [-0.2, 0) is 32.5 Å². The summed E-state index contributed by atoms with van der Waals surface area (Å²) >= 11 is 0. The molecular formula is C25H39N3O4. The zero-order valence-corrected chi connectivity index (χ0v) is 20.3. The number of hydrogen-bond acceptors (Lipinski definition) is 5. The molecule has 2 aromatic rings. The predicted octanol–water partition coefficient (Wildman–Crippen LogP) is 4.06.